The predicted molar refractivity (Wildman–Crippen MR) is 63.0 cm³/mol. The molecule has 15 heavy (non-hydrogen) atoms. The highest BCUT2D eigenvalue weighted by atomic mass is 35.5. The lowest BCUT2D eigenvalue weighted by Gasteiger charge is -2.11. The molecule has 0 fully saturated rings. The Morgan fingerprint density at radius 2 is 2.07 bits per heavy atom. The molecule has 1 aromatic carbocycles. The van der Waals surface area contributed by atoms with Crippen molar-refractivity contribution in [2.24, 2.45) is 11.7 Å². The van der Waals surface area contributed by atoms with Crippen LogP contribution in [-0.2, 0) is 0 Å². The molecule has 0 amide bonds. The second-order valence-corrected chi connectivity index (χ2v) is 4.48. The van der Waals surface area contributed by atoms with Gasteiger partial charge in [0.15, 0.2) is 0 Å². The number of halogens is 1. The summed E-state index contributed by atoms with van der Waals surface area (Å²) in [6, 6.07) is 7.48. The Kier molecular flexibility index (Phi) is 2.72. The van der Waals surface area contributed by atoms with E-state index in [1.807, 2.05) is 24.3 Å². The van der Waals surface area contributed by atoms with Crippen molar-refractivity contribution >= 4 is 22.6 Å². The van der Waals surface area contributed by atoms with Crippen molar-refractivity contribution in [2.45, 2.75) is 19.9 Å². The van der Waals surface area contributed by atoms with Gasteiger partial charge in [-0.25, -0.2) is 0 Å². The summed E-state index contributed by atoms with van der Waals surface area (Å²) in [7, 11) is 0. The number of nitrogens with two attached hydrogens (primary N) is 1. The number of hydrogen-bond donors (Lipinski definition) is 1. The maximum atomic E-state index is 6.05. The monoisotopic (exact) mass is 223 g/mol. The third-order valence-corrected chi connectivity index (χ3v) is 2.90. The SMILES string of the molecule is CC(C)C(N)c1cc2c(Cl)cccc2o1. The molecular weight excluding hydrogens is 210 g/mol. The third-order valence-electron chi connectivity index (χ3n) is 2.57. The van der Waals surface area contributed by atoms with E-state index in [2.05, 4.69) is 13.8 Å². The van der Waals surface area contributed by atoms with Crippen molar-refractivity contribution < 1.29 is 4.42 Å². The largest absolute Gasteiger partial charge is 0.459 e. The third kappa shape index (κ3) is 1.87. The van der Waals surface area contributed by atoms with Gasteiger partial charge in [-0.05, 0) is 24.1 Å². The lowest BCUT2D eigenvalue weighted by Crippen LogP contribution is -2.15. The first-order valence-electron chi connectivity index (χ1n) is 5.03. The highest BCUT2D eigenvalue weighted by Crippen LogP contribution is 2.30. The molecule has 0 aliphatic carbocycles. The number of hydrogen-bond acceptors (Lipinski definition) is 2. The van der Waals surface area contributed by atoms with Crippen LogP contribution in [0.5, 0.6) is 0 Å². The molecule has 2 rings (SSSR count). The Morgan fingerprint density at radius 1 is 1.33 bits per heavy atom. The van der Waals surface area contributed by atoms with Gasteiger partial charge in [0.2, 0.25) is 0 Å². The zero-order valence-electron chi connectivity index (χ0n) is 8.83. The second kappa shape index (κ2) is 3.87. The summed E-state index contributed by atoms with van der Waals surface area (Å²) in [6.45, 7) is 4.14. The van der Waals surface area contributed by atoms with Gasteiger partial charge in [-0.2, -0.15) is 0 Å². The Labute approximate surface area is 94.0 Å². The van der Waals surface area contributed by atoms with Crippen molar-refractivity contribution in [3.05, 3.63) is 35.0 Å². The first-order chi connectivity index (χ1) is 7.09. The van der Waals surface area contributed by atoms with Crippen LogP contribution in [0.3, 0.4) is 0 Å². The summed E-state index contributed by atoms with van der Waals surface area (Å²) >= 11 is 6.05. The minimum Gasteiger partial charge on any atom is -0.459 e. The van der Waals surface area contributed by atoms with E-state index in [0.29, 0.717) is 10.9 Å². The van der Waals surface area contributed by atoms with Crippen molar-refractivity contribution in [2.75, 3.05) is 0 Å². The van der Waals surface area contributed by atoms with Crippen LogP contribution in [0.1, 0.15) is 25.6 Å². The molecule has 3 heteroatoms. The summed E-state index contributed by atoms with van der Waals surface area (Å²) in [5, 5.41) is 1.64. The highest BCUT2D eigenvalue weighted by molar-refractivity contribution is 6.35. The van der Waals surface area contributed by atoms with Crippen molar-refractivity contribution in [1.82, 2.24) is 0 Å². The quantitative estimate of drug-likeness (QED) is 0.843. The average Bonchev–Trinajstić information content (AvgIpc) is 2.61. The fourth-order valence-corrected chi connectivity index (χ4v) is 1.76. The first-order valence-corrected chi connectivity index (χ1v) is 5.41. The van der Waals surface area contributed by atoms with Crippen LogP contribution >= 0.6 is 11.6 Å². The van der Waals surface area contributed by atoms with Crippen LogP contribution in [0.2, 0.25) is 5.02 Å². The van der Waals surface area contributed by atoms with E-state index >= 15 is 0 Å². The van der Waals surface area contributed by atoms with Gasteiger partial charge >= 0.3 is 0 Å². The fraction of sp³-hybridized carbons (Fsp3) is 0.333. The van der Waals surface area contributed by atoms with Gasteiger partial charge in [0.05, 0.1) is 11.1 Å². The van der Waals surface area contributed by atoms with E-state index < -0.39 is 0 Å². The lowest BCUT2D eigenvalue weighted by molar-refractivity contribution is 0.418. The fourth-order valence-electron chi connectivity index (χ4n) is 1.54. The van der Waals surface area contributed by atoms with E-state index in [1.54, 1.807) is 0 Å². The molecule has 0 aliphatic heterocycles. The van der Waals surface area contributed by atoms with Crippen molar-refractivity contribution in [3.63, 3.8) is 0 Å². The van der Waals surface area contributed by atoms with E-state index in [0.717, 1.165) is 16.7 Å². The van der Waals surface area contributed by atoms with Gasteiger partial charge in [0.25, 0.3) is 0 Å². The molecule has 0 aliphatic rings. The smallest absolute Gasteiger partial charge is 0.135 e. The predicted octanol–water partition coefficient (Wildman–Crippen LogP) is 3.74. The molecule has 1 atom stereocenters. The highest BCUT2D eigenvalue weighted by Gasteiger charge is 2.16. The first kappa shape index (κ1) is 10.5. The minimum atomic E-state index is -0.0755. The summed E-state index contributed by atoms with van der Waals surface area (Å²) < 4.78 is 5.66. The van der Waals surface area contributed by atoms with Crippen LogP contribution in [0, 0.1) is 5.92 Å². The molecule has 0 spiro atoms. The van der Waals surface area contributed by atoms with E-state index in [9.17, 15) is 0 Å². The second-order valence-electron chi connectivity index (χ2n) is 4.07. The van der Waals surface area contributed by atoms with Crippen molar-refractivity contribution in [1.29, 1.82) is 0 Å². The molecule has 0 saturated carbocycles. The molecule has 2 N–H and O–H groups in total. The maximum Gasteiger partial charge on any atom is 0.135 e. The zero-order chi connectivity index (χ0) is 11.0. The van der Waals surface area contributed by atoms with E-state index in [-0.39, 0.29) is 6.04 Å². The topological polar surface area (TPSA) is 39.2 Å². The molecule has 1 heterocycles. The Balaban J connectivity index is 2.52. The summed E-state index contributed by atoms with van der Waals surface area (Å²) in [5.74, 6) is 1.15. The van der Waals surface area contributed by atoms with E-state index in [1.165, 1.54) is 0 Å². The summed E-state index contributed by atoms with van der Waals surface area (Å²) in [6.07, 6.45) is 0. The Bertz CT molecular complexity index is 475. The molecule has 0 saturated heterocycles. The van der Waals surface area contributed by atoms with Gasteiger partial charge in [-0.15, -0.1) is 0 Å². The van der Waals surface area contributed by atoms with Gasteiger partial charge in [0.1, 0.15) is 11.3 Å². The molecule has 1 aromatic heterocycles. The van der Waals surface area contributed by atoms with Crippen molar-refractivity contribution in [3.8, 4) is 0 Å². The van der Waals surface area contributed by atoms with Gasteiger partial charge in [-0.1, -0.05) is 31.5 Å². The normalized spacial score (nSPS) is 13.7. The summed E-state index contributed by atoms with van der Waals surface area (Å²) in [5.41, 5.74) is 6.81. The molecular formula is C12H14ClNO. The van der Waals surface area contributed by atoms with E-state index in [4.69, 9.17) is 21.8 Å². The van der Waals surface area contributed by atoms with Gasteiger partial charge in [-0.3, -0.25) is 0 Å². The number of benzene rings is 1. The Morgan fingerprint density at radius 3 is 2.67 bits per heavy atom. The standard InChI is InChI=1S/C12H14ClNO/c1-7(2)12(14)11-6-8-9(13)4-3-5-10(8)15-11/h3-7,12H,14H2,1-2H3. The lowest BCUT2D eigenvalue weighted by atomic mass is 10.0. The van der Waals surface area contributed by atoms with Crippen LogP contribution in [0.15, 0.2) is 28.7 Å². The summed E-state index contributed by atoms with van der Waals surface area (Å²) in [4.78, 5) is 0. The van der Waals surface area contributed by atoms with Crippen LogP contribution in [-0.4, -0.2) is 0 Å². The number of furan rings is 1. The minimum absolute atomic E-state index is 0.0755. The molecule has 2 nitrogen and oxygen atoms in total. The average molecular weight is 224 g/mol. The molecule has 2 aromatic rings. The number of fused-ring (bicyclic) bond motifs is 1. The number of rotatable bonds is 2. The Hall–Kier alpha value is -0.990. The van der Waals surface area contributed by atoms with Crippen LogP contribution in [0.4, 0.5) is 0 Å². The molecule has 80 valence electrons. The maximum absolute atomic E-state index is 6.05. The molecule has 0 bridgehead atoms. The molecule has 1 unspecified atom stereocenters. The zero-order valence-corrected chi connectivity index (χ0v) is 9.58. The van der Waals surface area contributed by atoms with Crippen LogP contribution in [0.25, 0.3) is 11.0 Å². The van der Waals surface area contributed by atoms with Gasteiger partial charge < -0.3 is 10.2 Å². The van der Waals surface area contributed by atoms with Crippen LogP contribution < -0.4 is 5.73 Å². The molecule has 0 radical (unpaired) electrons. The van der Waals surface area contributed by atoms with Gasteiger partial charge in [0, 0.05) is 5.39 Å².